The molecule has 1 rings (SSSR count). The van der Waals surface area contributed by atoms with Crippen LogP contribution in [0.15, 0.2) is 30.3 Å². The first kappa shape index (κ1) is 11.5. The van der Waals surface area contributed by atoms with Crippen LogP contribution in [-0.2, 0) is 6.04 Å². The van der Waals surface area contributed by atoms with Gasteiger partial charge in [0.1, 0.15) is 0 Å². The third-order valence-electron chi connectivity index (χ3n) is 3.67. The Morgan fingerprint density at radius 1 is 0.857 bits per heavy atom. The zero-order valence-electron chi connectivity index (χ0n) is 9.72. The normalized spacial score (nSPS) is 11.6. The van der Waals surface area contributed by atoms with Crippen LogP contribution >= 0.6 is 0 Å². The fourth-order valence-electron chi connectivity index (χ4n) is 2.15. The van der Waals surface area contributed by atoms with Crippen molar-refractivity contribution < 1.29 is 0 Å². The van der Waals surface area contributed by atoms with E-state index in [0.29, 0.717) is 0 Å². The van der Waals surface area contributed by atoms with Gasteiger partial charge in [-0.3, -0.25) is 0 Å². The first-order valence-corrected chi connectivity index (χ1v) is 8.63. The van der Waals surface area contributed by atoms with Gasteiger partial charge in [0.2, 0.25) is 0 Å². The topological polar surface area (TPSA) is 0 Å². The Bertz CT molecular complexity index is 241. The Hall–Kier alpha value is -0.563. The smallest absolute Gasteiger partial charge is 0.0571 e. The second-order valence-corrected chi connectivity index (χ2v) is 9.70. The lowest BCUT2D eigenvalue weighted by Crippen LogP contribution is -2.34. The van der Waals surface area contributed by atoms with Crippen molar-refractivity contribution in [2.45, 2.75) is 44.9 Å². The molecule has 0 bridgehead atoms. The number of hydrogen-bond donors (Lipinski definition) is 0. The molecule has 78 valence electrons. The average Bonchev–Trinajstić information content (AvgIpc) is 2.28. The molecule has 0 amide bonds. The highest BCUT2D eigenvalue weighted by molar-refractivity contribution is 6.79. The molecule has 1 aromatic rings. The first-order valence-electron chi connectivity index (χ1n) is 5.80. The Kier molecular flexibility index (Phi) is 4.40. The van der Waals surface area contributed by atoms with Crippen molar-refractivity contribution >= 4 is 8.07 Å². The molecule has 0 saturated heterocycles. The second kappa shape index (κ2) is 5.35. The Morgan fingerprint density at radius 3 is 1.79 bits per heavy atom. The Balaban J connectivity index is 2.74. The molecule has 0 aromatic heterocycles. The van der Waals surface area contributed by atoms with Gasteiger partial charge in [0, 0.05) is 0 Å². The van der Waals surface area contributed by atoms with E-state index in [-0.39, 0.29) is 0 Å². The molecular formula is C13H22Si. The maximum atomic E-state index is 2.38. The van der Waals surface area contributed by atoms with E-state index in [4.69, 9.17) is 0 Å². The van der Waals surface area contributed by atoms with E-state index in [2.05, 4.69) is 51.1 Å². The largest absolute Gasteiger partial charge is 0.0678 e. The van der Waals surface area contributed by atoms with Gasteiger partial charge in [0.05, 0.1) is 8.07 Å². The summed E-state index contributed by atoms with van der Waals surface area (Å²) in [6.07, 6.45) is 0. The van der Waals surface area contributed by atoms with Crippen LogP contribution in [0, 0.1) is 0 Å². The summed E-state index contributed by atoms with van der Waals surface area (Å²) in [5, 5.41) is 0. The van der Waals surface area contributed by atoms with Crippen LogP contribution in [0.3, 0.4) is 0 Å². The molecule has 0 aliphatic carbocycles. The lowest BCUT2D eigenvalue weighted by molar-refractivity contribution is 1.10. The van der Waals surface area contributed by atoms with Crippen molar-refractivity contribution in [2.75, 3.05) is 0 Å². The molecule has 0 N–H and O–H groups in total. The minimum Gasteiger partial charge on any atom is -0.0678 e. The van der Waals surface area contributed by atoms with Gasteiger partial charge >= 0.3 is 0 Å². The maximum Gasteiger partial charge on any atom is 0.0571 e. The predicted octanol–water partition coefficient (Wildman–Crippen LogP) is 4.28. The van der Waals surface area contributed by atoms with Gasteiger partial charge in [0.25, 0.3) is 0 Å². The summed E-state index contributed by atoms with van der Waals surface area (Å²) >= 11 is 0. The van der Waals surface area contributed by atoms with Crippen molar-refractivity contribution in [3.63, 3.8) is 0 Å². The SMILES string of the molecule is CC[Si](CC)(CC)Cc1ccccc1. The fourth-order valence-corrected chi connectivity index (χ4v) is 5.51. The van der Waals surface area contributed by atoms with Gasteiger partial charge in [-0.25, -0.2) is 0 Å². The highest BCUT2D eigenvalue weighted by Gasteiger charge is 2.26. The van der Waals surface area contributed by atoms with Gasteiger partial charge in [-0.05, 0) is 6.04 Å². The first-order chi connectivity index (χ1) is 6.76. The molecule has 0 heterocycles. The minimum atomic E-state index is -0.958. The number of benzene rings is 1. The molecule has 0 aliphatic rings. The third-order valence-corrected chi connectivity index (χ3v) is 9.33. The van der Waals surface area contributed by atoms with Crippen molar-refractivity contribution in [1.29, 1.82) is 0 Å². The second-order valence-electron chi connectivity index (χ2n) is 4.22. The quantitative estimate of drug-likeness (QED) is 0.631. The molecular weight excluding hydrogens is 184 g/mol. The van der Waals surface area contributed by atoms with Gasteiger partial charge in [0.15, 0.2) is 0 Å². The minimum absolute atomic E-state index is 0.958. The van der Waals surface area contributed by atoms with E-state index in [1.54, 1.807) is 5.56 Å². The van der Waals surface area contributed by atoms with E-state index < -0.39 is 8.07 Å². The predicted molar refractivity (Wildman–Crippen MR) is 67.3 cm³/mol. The van der Waals surface area contributed by atoms with Crippen LogP contribution in [0.25, 0.3) is 0 Å². The molecule has 0 nitrogen and oxygen atoms in total. The number of rotatable bonds is 5. The highest BCUT2D eigenvalue weighted by Crippen LogP contribution is 2.24. The summed E-state index contributed by atoms with van der Waals surface area (Å²) < 4.78 is 0. The molecule has 0 radical (unpaired) electrons. The molecule has 0 atom stereocenters. The monoisotopic (exact) mass is 206 g/mol. The molecule has 0 aliphatic heterocycles. The van der Waals surface area contributed by atoms with Crippen molar-refractivity contribution in [3.8, 4) is 0 Å². The van der Waals surface area contributed by atoms with Gasteiger partial charge in [-0.1, -0.05) is 74.8 Å². The highest BCUT2D eigenvalue weighted by atomic mass is 28.3. The molecule has 1 heteroatoms. The van der Waals surface area contributed by atoms with Crippen molar-refractivity contribution in [1.82, 2.24) is 0 Å². The van der Waals surface area contributed by atoms with Gasteiger partial charge in [-0.15, -0.1) is 0 Å². The maximum absolute atomic E-state index is 2.38. The average molecular weight is 206 g/mol. The van der Waals surface area contributed by atoms with Crippen LogP contribution in [0.5, 0.6) is 0 Å². The lowest BCUT2D eigenvalue weighted by Gasteiger charge is -2.28. The molecule has 1 aromatic carbocycles. The zero-order chi connectivity index (χ0) is 10.4. The zero-order valence-corrected chi connectivity index (χ0v) is 10.7. The summed E-state index contributed by atoms with van der Waals surface area (Å²) in [6, 6.07) is 16.6. The lowest BCUT2D eigenvalue weighted by atomic mass is 10.2. The van der Waals surface area contributed by atoms with Crippen LogP contribution < -0.4 is 0 Å². The summed E-state index contributed by atoms with van der Waals surface area (Å²) in [7, 11) is -0.958. The standard InChI is InChI=1S/C13H22Si/c1-4-14(5-2,6-3)12-13-10-8-7-9-11-13/h7-11H,4-6,12H2,1-3H3. The summed E-state index contributed by atoms with van der Waals surface area (Å²) in [5.41, 5.74) is 1.55. The summed E-state index contributed by atoms with van der Waals surface area (Å²) in [4.78, 5) is 0. The van der Waals surface area contributed by atoms with E-state index >= 15 is 0 Å². The molecule has 14 heavy (non-hydrogen) atoms. The van der Waals surface area contributed by atoms with Crippen LogP contribution in [-0.4, -0.2) is 8.07 Å². The van der Waals surface area contributed by atoms with E-state index in [0.717, 1.165) is 0 Å². The molecule has 0 unspecified atom stereocenters. The van der Waals surface area contributed by atoms with Crippen LogP contribution in [0.4, 0.5) is 0 Å². The van der Waals surface area contributed by atoms with Gasteiger partial charge in [-0.2, -0.15) is 0 Å². The molecule has 0 spiro atoms. The molecule has 0 fully saturated rings. The van der Waals surface area contributed by atoms with Crippen LogP contribution in [0.1, 0.15) is 26.3 Å². The fraction of sp³-hybridized carbons (Fsp3) is 0.538. The number of hydrogen-bond acceptors (Lipinski definition) is 0. The Labute approximate surface area is 89.4 Å². The summed E-state index contributed by atoms with van der Waals surface area (Å²) in [5.74, 6) is 0. The third kappa shape index (κ3) is 2.71. The van der Waals surface area contributed by atoms with Crippen LogP contribution in [0.2, 0.25) is 18.1 Å². The summed E-state index contributed by atoms with van der Waals surface area (Å²) in [6.45, 7) is 7.13. The van der Waals surface area contributed by atoms with Gasteiger partial charge < -0.3 is 0 Å². The van der Waals surface area contributed by atoms with E-state index in [1.165, 1.54) is 24.2 Å². The van der Waals surface area contributed by atoms with Crippen molar-refractivity contribution in [3.05, 3.63) is 35.9 Å². The van der Waals surface area contributed by atoms with Crippen molar-refractivity contribution in [2.24, 2.45) is 0 Å². The van der Waals surface area contributed by atoms with E-state index in [9.17, 15) is 0 Å². The van der Waals surface area contributed by atoms with E-state index in [1.807, 2.05) is 0 Å². The Morgan fingerprint density at radius 2 is 1.36 bits per heavy atom. The molecule has 0 saturated carbocycles.